The fraction of sp³-hybridized carbons (Fsp3) is 0.412. The number of aryl methyl sites for hydroxylation is 3. The number of anilines is 1. The van der Waals surface area contributed by atoms with E-state index in [-0.39, 0.29) is 12.1 Å². The second-order valence-electron chi connectivity index (χ2n) is 5.96. The summed E-state index contributed by atoms with van der Waals surface area (Å²) in [5.74, 6) is 0.775. The number of nitrogens with zero attached hydrogens (tertiary/aromatic N) is 2. The van der Waals surface area contributed by atoms with Crippen LogP contribution in [-0.2, 0) is 0 Å². The van der Waals surface area contributed by atoms with Crippen LogP contribution < -0.4 is 5.32 Å². The Morgan fingerprint density at radius 1 is 1.32 bits per heavy atom. The quantitative estimate of drug-likeness (QED) is 0.912. The molecular formula is C17H21N3O2. The lowest BCUT2D eigenvalue weighted by Gasteiger charge is -2.23. The first kappa shape index (κ1) is 14.6. The topological polar surface area (TPSA) is 58.4 Å². The molecule has 1 N–H and O–H groups in total. The molecule has 1 aliphatic heterocycles. The first-order valence-electron chi connectivity index (χ1n) is 7.62. The first-order valence-corrected chi connectivity index (χ1v) is 7.62. The Bertz CT molecular complexity index is 693. The molecule has 1 aliphatic rings. The Morgan fingerprint density at radius 2 is 2.14 bits per heavy atom. The van der Waals surface area contributed by atoms with Crippen molar-refractivity contribution in [1.29, 1.82) is 0 Å². The second kappa shape index (κ2) is 5.83. The number of carbonyl (C=O) groups is 1. The number of rotatable bonds is 2. The van der Waals surface area contributed by atoms with Gasteiger partial charge in [0.2, 0.25) is 0 Å². The third kappa shape index (κ3) is 2.84. The molecule has 1 atom stereocenters. The summed E-state index contributed by atoms with van der Waals surface area (Å²) in [5, 5.41) is 7.08. The minimum Gasteiger partial charge on any atom is -0.361 e. The molecule has 0 radical (unpaired) electrons. The van der Waals surface area contributed by atoms with Gasteiger partial charge in [-0.3, -0.25) is 0 Å². The van der Waals surface area contributed by atoms with Gasteiger partial charge in [-0.15, -0.1) is 0 Å². The minimum atomic E-state index is -0.0740. The predicted octanol–water partition coefficient (Wildman–Crippen LogP) is 3.97. The molecule has 116 valence electrons. The van der Waals surface area contributed by atoms with E-state index < -0.39 is 0 Å². The van der Waals surface area contributed by atoms with Crippen molar-refractivity contribution in [2.45, 2.75) is 39.7 Å². The molecule has 2 amide bonds. The van der Waals surface area contributed by atoms with Gasteiger partial charge in [-0.1, -0.05) is 22.9 Å². The molecule has 3 rings (SSSR count). The van der Waals surface area contributed by atoms with Crippen LogP contribution in [0.5, 0.6) is 0 Å². The van der Waals surface area contributed by atoms with Crippen LogP contribution in [0, 0.1) is 20.8 Å². The molecule has 1 aromatic heterocycles. The van der Waals surface area contributed by atoms with Gasteiger partial charge in [0.1, 0.15) is 11.5 Å². The van der Waals surface area contributed by atoms with E-state index in [1.807, 2.05) is 43.9 Å². The van der Waals surface area contributed by atoms with Crippen LogP contribution in [0.4, 0.5) is 10.5 Å². The third-order valence-electron chi connectivity index (χ3n) is 4.12. The fourth-order valence-electron chi connectivity index (χ4n) is 3.00. The summed E-state index contributed by atoms with van der Waals surface area (Å²) in [7, 11) is 0. The van der Waals surface area contributed by atoms with Crippen molar-refractivity contribution in [1.82, 2.24) is 10.1 Å². The summed E-state index contributed by atoms with van der Waals surface area (Å²) in [5.41, 5.74) is 3.96. The monoisotopic (exact) mass is 299 g/mol. The van der Waals surface area contributed by atoms with Crippen molar-refractivity contribution < 1.29 is 9.32 Å². The van der Waals surface area contributed by atoms with E-state index >= 15 is 0 Å². The Hall–Kier alpha value is -2.30. The van der Waals surface area contributed by atoms with Gasteiger partial charge in [-0.2, -0.15) is 0 Å². The van der Waals surface area contributed by atoms with E-state index in [2.05, 4.69) is 16.5 Å². The smallest absolute Gasteiger partial charge is 0.322 e. The third-order valence-corrected chi connectivity index (χ3v) is 4.12. The van der Waals surface area contributed by atoms with Crippen LogP contribution in [0.25, 0.3) is 0 Å². The predicted molar refractivity (Wildman–Crippen MR) is 84.9 cm³/mol. The van der Waals surface area contributed by atoms with Gasteiger partial charge < -0.3 is 14.7 Å². The van der Waals surface area contributed by atoms with E-state index in [0.717, 1.165) is 42.1 Å². The standard InChI is InChI=1S/C17H21N3O2/c1-11-6-7-14(12(2)9-11)18-17(21)20-8-4-5-16(20)15-10-13(3)22-19-15/h6-7,9-10,16H,4-5,8H2,1-3H3,(H,18,21)/t16-/m0/s1. The van der Waals surface area contributed by atoms with Crippen LogP contribution in [-0.4, -0.2) is 22.6 Å². The average molecular weight is 299 g/mol. The lowest BCUT2D eigenvalue weighted by atomic mass is 10.1. The van der Waals surface area contributed by atoms with Crippen LogP contribution in [0.15, 0.2) is 28.8 Å². The maximum absolute atomic E-state index is 12.6. The molecule has 0 saturated carbocycles. The van der Waals surface area contributed by atoms with Gasteiger partial charge in [-0.25, -0.2) is 4.79 Å². The van der Waals surface area contributed by atoms with Crippen molar-refractivity contribution in [2.75, 3.05) is 11.9 Å². The number of carbonyl (C=O) groups excluding carboxylic acids is 1. The summed E-state index contributed by atoms with van der Waals surface area (Å²) >= 11 is 0. The highest BCUT2D eigenvalue weighted by Crippen LogP contribution is 2.32. The molecule has 0 aliphatic carbocycles. The molecule has 0 bridgehead atoms. The van der Waals surface area contributed by atoms with E-state index in [1.54, 1.807) is 0 Å². The second-order valence-corrected chi connectivity index (χ2v) is 5.96. The zero-order valence-corrected chi connectivity index (χ0v) is 13.2. The molecule has 5 nitrogen and oxygen atoms in total. The van der Waals surface area contributed by atoms with E-state index in [4.69, 9.17) is 4.52 Å². The Labute approximate surface area is 130 Å². The number of hydrogen-bond acceptors (Lipinski definition) is 3. The summed E-state index contributed by atoms with van der Waals surface area (Å²) in [6.07, 6.45) is 1.91. The number of hydrogen-bond donors (Lipinski definition) is 1. The molecule has 1 aromatic carbocycles. The number of nitrogens with one attached hydrogen (secondary N) is 1. The number of likely N-dealkylation sites (tertiary alicyclic amines) is 1. The lowest BCUT2D eigenvalue weighted by molar-refractivity contribution is 0.204. The summed E-state index contributed by atoms with van der Waals surface area (Å²) in [4.78, 5) is 14.4. The normalized spacial score (nSPS) is 17.8. The van der Waals surface area contributed by atoms with Gasteiger partial charge in [0.05, 0.1) is 6.04 Å². The number of benzene rings is 1. The Kier molecular flexibility index (Phi) is 3.88. The van der Waals surface area contributed by atoms with E-state index in [0.29, 0.717) is 0 Å². The van der Waals surface area contributed by atoms with Crippen LogP contribution in [0.1, 0.15) is 41.5 Å². The molecule has 1 fully saturated rings. The molecule has 1 saturated heterocycles. The average Bonchev–Trinajstić information content (AvgIpc) is 3.10. The molecule has 2 aromatic rings. The zero-order valence-electron chi connectivity index (χ0n) is 13.2. The highest BCUT2D eigenvalue weighted by molar-refractivity contribution is 5.90. The maximum Gasteiger partial charge on any atom is 0.322 e. The van der Waals surface area contributed by atoms with E-state index in [9.17, 15) is 4.79 Å². The zero-order chi connectivity index (χ0) is 15.7. The van der Waals surface area contributed by atoms with Crippen molar-refractivity contribution >= 4 is 11.7 Å². The number of aromatic nitrogens is 1. The maximum atomic E-state index is 12.6. The SMILES string of the molecule is Cc1ccc(NC(=O)N2CCC[C@H]2c2cc(C)on2)c(C)c1. The van der Waals surface area contributed by atoms with Crippen LogP contribution >= 0.6 is 0 Å². The van der Waals surface area contributed by atoms with Gasteiger partial charge in [0.25, 0.3) is 0 Å². The fourth-order valence-corrected chi connectivity index (χ4v) is 3.00. The molecule has 0 spiro atoms. The highest BCUT2D eigenvalue weighted by Gasteiger charge is 2.32. The van der Waals surface area contributed by atoms with Crippen LogP contribution in [0.3, 0.4) is 0 Å². The lowest BCUT2D eigenvalue weighted by Crippen LogP contribution is -2.34. The molecule has 5 heteroatoms. The van der Waals surface area contributed by atoms with Crippen molar-refractivity contribution in [3.05, 3.63) is 46.8 Å². The van der Waals surface area contributed by atoms with Gasteiger partial charge in [0.15, 0.2) is 0 Å². The largest absolute Gasteiger partial charge is 0.361 e. The molecule has 0 unspecified atom stereocenters. The van der Waals surface area contributed by atoms with Crippen molar-refractivity contribution in [3.8, 4) is 0 Å². The number of urea groups is 1. The van der Waals surface area contributed by atoms with E-state index in [1.165, 1.54) is 5.56 Å². The Balaban J connectivity index is 1.76. The number of amides is 2. The van der Waals surface area contributed by atoms with Crippen molar-refractivity contribution in [3.63, 3.8) is 0 Å². The summed E-state index contributed by atoms with van der Waals surface area (Å²) < 4.78 is 5.15. The van der Waals surface area contributed by atoms with Gasteiger partial charge >= 0.3 is 6.03 Å². The Morgan fingerprint density at radius 3 is 2.82 bits per heavy atom. The van der Waals surface area contributed by atoms with Crippen LogP contribution in [0.2, 0.25) is 0 Å². The summed E-state index contributed by atoms with van der Waals surface area (Å²) in [6, 6.07) is 7.86. The van der Waals surface area contributed by atoms with Gasteiger partial charge in [-0.05, 0) is 45.2 Å². The molecule has 22 heavy (non-hydrogen) atoms. The first-order chi connectivity index (χ1) is 10.5. The highest BCUT2D eigenvalue weighted by atomic mass is 16.5. The molecular weight excluding hydrogens is 278 g/mol. The van der Waals surface area contributed by atoms with Crippen molar-refractivity contribution in [2.24, 2.45) is 0 Å². The van der Waals surface area contributed by atoms with Gasteiger partial charge in [0, 0.05) is 18.3 Å². The summed E-state index contributed by atoms with van der Waals surface area (Å²) in [6.45, 7) is 6.66. The minimum absolute atomic E-state index is 0.00297. The molecule has 2 heterocycles.